The maximum Gasteiger partial charge on any atom is 0.264 e. The van der Waals surface area contributed by atoms with E-state index in [0.29, 0.717) is 5.75 Å². The molecule has 4 nitrogen and oxygen atoms in total. The number of benzene rings is 1. The SMILES string of the molecule is COc1cc2c(cc1C)N(C)C(=O)CO2. The number of methoxy groups -OCH3 is 1. The first-order valence-corrected chi connectivity index (χ1v) is 4.71. The second-order valence-electron chi connectivity index (χ2n) is 3.53. The largest absolute Gasteiger partial charge is 0.496 e. The summed E-state index contributed by atoms with van der Waals surface area (Å²) in [6, 6.07) is 3.71. The summed E-state index contributed by atoms with van der Waals surface area (Å²) in [5.41, 5.74) is 1.78. The summed E-state index contributed by atoms with van der Waals surface area (Å²) in [6.07, 6.45) is 0. The molecule has 0 aromatic heterocycles. The van der Waals surface area contributed by atoms with Gasteiger partial charge in [-0.2, -0.15) is 0 Å². The maximum absolute atomic E-state index is 11.4. The zero-order chi connectivity index (χ0) is 11.0. The van der Waals surface area contributed by atoms with E-state index in [1.165, 1.54) is 0 Å². The molecule has 1 aromatic carbocycles. The Kier molecular flexibility index (Phi) is 2.26. The lowest BCUT2D eigenvalue weighted by molar-refractivity contribution is -0.120. The van der Waals surface area contributed by atoms with Crippen LogP contribution >= 0.6 is 0 Å². The van der Waals surface area contributed by atoms with Crippen molar-refractivity contribution in [3.8, 4) is 11.5 Å². The number of carbonyl (C=O) groups excluding carboxylic acids is 1. The zero-order valence-electron chi connectivity index (χ0n) is 9.03. The number of rotatable bonds is 1. The fourth-order valence-corrected chi connectivity index (χ4v) is 1.62. The Morgan fingerprint density at radius 2 is 2.20 bits per heavy atom. The van der Waals surface area contributed by atoms with E-state index in [-0.39, 0.29) is 12.5 Å². The molecule has 0 radical (unpaired) electrons. The van der Waals surface area contributed by atoms with Crippen molar-refractivity contribution in [2.45, 2.75) is 6.92 Å². The molecule has 1 aliphatic heterocycles. The van der Waals surface area contributed by atoms with Gasteiger partial charge in [-0.3, -0.25) is 4.79 Å². The molecule has 0 saturated carbocycles. The number of ether oxygens (including phenoxy) is 2. The van der Waals surface area contributed by atoms with Crippen molar-refractivity contribution in [3.63, 3.8) is 0 Å². The van der Waals surface area contributed by atoms with Crippen molar-refractivity contribution in [1.29, 1.82) is 0 Å². The number of amides is 1. The van der Waals surface area contributed by atoms with E-state index >= 15 is 0 Å². The first-order valence-electron chi connectivity index (χ1n) is 4.71. The summed E-state index contributed by atoms with van der Waals surface area (Å²) in [7, 11) is 3.36. The van der Waals surface area contributed by atoms with Gasteiger partial charge in [-0.1, -0.05) is 0 Å². The smallest absolute Gasteiger partial charge is 0.264 e. The molecule has 1 aliphatic rings. The van der Waals surface area contributed by atoms with Crippen LogP contribution in [0.25, 0.3) is 0 Å². The van der Waals surface area contributed by atoms with Gasteiger partial charge < -0.3 is 14.4 Å². The van der Waals surface area contributed by atoms with Crippen LogP contribution < -0.4 is 14.4 Å². The van der Waals surface area contributed by atoms with E-state index in [0.717, 1.165) is 17.0 Å². The topological polar surface area (TPSA) is 38.8 Å². The van der Waals surface area contributed by atoms with Crippen LogP contribution in [0.3, 0.4) is 0 Å². The fourth-order valence-electron chi connectivity index (χ4n) is 1.62. The van der Waals surface area contributed by atoms with Gasteiger partial charge in [-0.05, 0) is 18.6 Å². The standard InChI is InChI=1S/C11H13NO3/c1-7-4-8-10(5-9(7)14-3)15-6-11(13)12(8)2/h4-5H,6H2,1-3H3. The lowest BCUT2D eigenvalue weighted by atomic mass is 10.1. The van der Waals surface area contributed by atoms with Gasteiger partial charge in [0.05, 0.1) is 12.8 Å². The highest BCUT2D eigenvalue weighted by Gasteiger charge is 2.23. The number of anilines is 1. The van der Waals surface area contributed by atoms with Crippen LogP contribution in [0.1, 0.15) is 5.56 Å². The number of hydrogen-bond acceptors (Lipinski definition) is 3. The molecule has 2 rings (SSSR count). The van der Waals surface area contributed by atoms with Crippen molar-refractivity contribution in [1.82, 2.24) is 0 Å². The summed E-state index contributed by atoms with van der Waals surface area (Å²) in [5, 5.41) is 0. The number of aryl methyl sites for hydroxylation is 1. The Morgan fingerprint density at radius 1 is 1.47 bits per heavy atom. The van der Waals surface area contributed by atoms with E-state index in [2.05, 4.69) is 0 Å². The van der Waals surface area contributed by atoms with Crippen molar-refractivity contribution in [3.05, 3.63) is 17.7 Å². The minimum atomic E-state index is -0.0351. The molecular weight excluding hydrogens is 194 g/mol. The highest BCUT2D eigenvalue weighted by Crippen LogP contribution is 2.36. The Labute approximate surface area is 88.4 Å². The van der Waals surface area contributed by atoms with E-state index in [4.69, 9.17) is 9.47 Å². The average Bonchev–Trinajstić information content (AvgIpc) is 2.24. The first-order chi connectivity index (χ1) is 7.13. The van der Waals surface area contributed by atoms with E-state index < -0.39 is 0 Å². The van der Waals surface area contributed by atoms with Gasteiger partial charge in [0.25, 0.3) is 5.91 Å². The minimum Gasteiger partial charge on any atom is -0.496 e. The quantitative estimate of drug-likeness (QED) is 0.698. The molecule has 0 aliphatic carbocycles. The number of hydrogen-bond donors (Lipinski definition) is 0. The van der Waals surface area contributed by atoms with Crippen molar-refractivity contribution in [2.75, 3.05) is 25.7 Å². The lowest BCUT2D eigenvalue weighted by Gasteiger charge is -2.26. The lowest BCUT2D eigenvalue weighted by Crippen LogP contribution is -2.35. The Hall–Kier alpha value is -1.71. The normalized spacial score (nSPS) is 14.6. The number of nitrogens with zero attached hydrogens (tertiary/aromatic N) is 1. The molecule has 0 spiro atoms. The summed E-state index contributed by atoms with van der Waals surface area (Å²) in [4.78, 5) is 13.0. The molecule has 0 saturated heterocycles. The maximum atomic E-state index is 11.4. The van der Waals surface area contributed by atoms with Gasteiger partial charge in [0, 0.05) is 13.1 Å². The molecule has 1 aromatic rings. The van der Waals surface area contributed by atoms with Crippen molar-refractivity contribution < 1.29 is 14.3 Å². The van der Waals surface area contributed by atoms with Gasteiger partial charge in [-0.15, -0.1) is 0 Å². The van der Waals surface area contributed by atoms with Gasteiger partial charge in [0.15, 0.2) is 6.61 Å². The van der Waals surface area contributed by atoms with Crippen molar-refractivity contribution in [2.24, 2.45) is 0 Å². The van der Waals surface area contributed by atoms with Crippen LogP contribution in [0.2, 0.25) is 0 Å². The molecule has 1 heterocycles. The fraction of sp³-hybridized carbons (Fsp3) is 0.364. The third-order valence-electron chi connectivity index (χ3n) is 2.56. The predicted molar refractivity (Wildman–Crippen MR) is 56.6 cm³/mol. The summed E-state index contributed by atoms with van der Waals surface area (Å²) >= 11 is 0. The van der Waals surface area contributed by atoms with Gasteiger partial charge >= 0.3 is 0 Å². The average molecular weight is 207 g/mol. The Morgan fingerprint density at radius 3 is 2.87 bits per heavy atom. The van der Waals surface area contributed by atoms with Gasteiger partial charge in [-0.25, -0.2) is 0 Å². The second-order valence-corrected chi connectivity index (χ2v) is 3.53. The number of carbonyl (C=O) groups is 1. The molecule has 0 bridgehead atoms. The van der Waals surface area contributed by atoms with Crippen LogP contribution in [0, 0.1) is 6.92 Å². The van der Waals surface area contributed by atoms with E-state index in [9.17, 15) is 4.79 Å². The highest BCUT2D eigenvalue weighted by atomic mass is 16.5. The van der Waals surface area contributed by atoms with Crippen LogP contribution in [-0.4, -0.2) is 26.7 Å². The van der Waals surface area contributed by atoms with Gasteiger partial charge in [0.1, 0.15) is 11.5 Å². The third-order valence-corrected chi connectivity index (χ3v) is 2.56. The molecule has 0 unspecified atom stereocenters. The monoisotopic (exact) mass is 207 g/mol. The van der Waals surface area contributed by atoms with Crippen LogP contribution in [0.5, 0.6) is 11.5 Å². The van der Waals surface area contributed by atoms with E-state index in [1.54, 1.807) is 19.1 Å². The van der Waals surface area contributed by atoms with Crippen LogP contribution in [-0.2, 0) is 4.79 Å². The second kappa shape index (κ2) is 3.46. The molecular formula is C11H13NO3. The molecule has 0 N–H and O–H groups in total. The third kappa shape index (κ3) is 1.52. The van der Waals surface area contributed by atoms with E-state index in [1.807, 2.05) is 19.1 Å². The number of likely N-dealkylation sites (N-methyl/N-ethyl adjacent to an activating group) is 1. The molecule has 0 fully saturated rings. The van der Waals surface area contributed by atoms with Crippen LogP contribution in [0.4, 0.5) is 5.69 Å². The highest BCUT2D eigenvalue weighted by molar-refractivity contribution is 5.97. The molecule has 0 atom stereocenters. The summed E-state index contributed by atoms with van der Waals surface area (Å²) in [5.74, 6) is 1.43. The van der Waals surface area contributed by atoms with Crippen molar-refractivity contribution >= 4 is 11.6 Å². The molecule has 4 heteroatoms. The molecule has 15 heavy (non-hydrogen) atoms. The first kappa shape index (κ1) is 9.83. The summed E-state index contributed by atoms with van der Waals surface area (Å²) < 4.78 is 10.5. The Balaban J connectivity index is 2.52. The molecule has 1 amide bonds. The van der Waals surface area contributed by atoms with Crippen LogP contribution in [0.15, 0.2) is 12.1 Å². The number of fused-ring (bicyclic) bond motifs is 1. The van der Waals surface area contributed by atoms with Gasteiger partial charge in [0.2, 0.25) is 0 Å². The zero-order valence-corrected chi connectivity index (χ0v) is 9.03. The predicted octanol–water partition coefficient (Wildman–Crippen LogP) is 1.36. The Bertz CT molecular complexity index is 415. The molecule has 80 valence electrons. The minimum absolute atomic E-state index is 0.0351. The summed E-state index contributed by atoms with van der Waals surface area (Å²) in [6.45, 7) is 2.03.